The summed E-state index contributed by atoms with van der Waals surface area (Å²) in [4.78, 5) is 8.64. The highest BCUT2D eigenvalue weighted by Gasteiger charge is 2.22. The van der Waals surface area contributed by atoms with E-state index in [4.69, 9.17) is 11.6 Å². The van der Waals surface area contributed by atoms with Crippen molar-refractivity contribution in [3.05, 3.63) is 56.5 Å². The van der Waals surface area contributed by atoms with Gasteiger partial charge in [-0.05, 0) is 33.6 Å². The van der Waals surface area contributed by atoms with Crippen LogP contribution in [0.5, 0.6) is 0 Å². The smallest absolute Gasteiger partial charge is 0.147 e. The first-order chi connectivity index (χ1) is 9.66. The predicted molar refractivity (Wildman–Crippen MR) is 82.6 cm³/mol. The van der Waals surface area contributed by atoms with Crippen molar-refractivity contribution in [2.75, 3.05) is 0 Å². The molecule has 112 valence electrons. The van der Waals surface area contributed by atoms with Crippen molar-refractivity contribution in [2.45, 2.75) is 32.6 Å². The first kappa shape index (κ1) is 16.3. The minimum absolute atomic E-state index is 0.213. The molecule has 0 aliphatic rings. The van der Waals surface area contributed by atoms with Gasteiger partial charge in [0.25, 0.3) is 0 Å². The molecular formula is C15H14BrClF2N2. The van der Waals surface area contributed by atoms with Crippen molar-refractivity contribution in [3.63, 3.8) is 0 Å². The highest BCUT2D eigenvalue weighted by atomic mass is 79.9. The van der Waals surface area contributed by atoms with E-state index in [1.54, 1.807) is 0 Å². The van der Waals surface area contributed by atoms with Crippen LogP contribution in [0.4, 0.5) is 8.78 Å². The summed E-state index contributed by atoms with van der Waals surface area (Å²) in [7, 11) is 0. The van der Waals surface area contributed by atoms with Crippen molar-refractivity contribution in [2.24, 2.45) is 0 Å². The molecule has 2 aromatic rings. The molecular weight excluding hydrogens is 362 g/mol. The standard InChI is InChI=1S/C15H14BrClF2N2/c1-15(2,3)13-12(16)14(17)21-11(20-13)6-8-4-9(18)7-10(19)5-8/h4-5,7H,6H2,1-3H3. The Morgan fingerprint density at radius 1 is 1.10 bits per heavy atom. The minimum atomic E-state index is -0.621. The summed E-state index contributed by atoms with van der Waals surface area (Å²) >= 11 is 9.49. The Morgan fingerprint density at radius 2 is 1.67 bits per heavy atom. The second-order valence-electron chi connectivity index (χ2n) is 5.80. The van der Waals surface area contributed by atoms with Crippen molar-refractivity contribution >= 4 is 27.5 Å². The second-order valence-corrected chi connectivity index (χ2v) is 6.95. The summed E-state index contributed by atoms with van der Waals surface area (Å²) < 4.78 is 27.1. The average molecular weight is 376 g/mol. The van der Waals surface area contributed by atoms with Crippen LogP contribution in [-0.2, 0) is 11.8 Å². The van der Waals surface area contributed by atoms with Crippen LogP contribution < -0.4 is 0 Å². The number of aromatic nitrogens is 2. The molecule has 2 nitrogen and oxygen atoms in total. The topological polar surface area (TPSA) is 25.8 Å². The molecule has 6 heteroatoms. The van der Waals surface area contributed by atoms with E-state index in [1.165, 1.54) is 12.1 Å². The molecule has 21 heavy (non-hydrogen) atoms. The second kappa shape index (κ2) is 5.97. The number of rotatable bonds is 2. The van der Waals surface area contributed by atoms with E-state index in [2.05, 4.69) is 25.9 Å². The van der Waals surface area contributed by atoms with Gasteiger partial charge in [0.2, 0.25) is 0 Å². The molecule has 0 aliphatic carbocycles. The van der Waals surface area contributed by atoms with Crippen LogP contribution in [0, 0.1) is 11.6 Å². The molecule has 0 fully saturated rings. The zero-order valence-electron chi connectivity index (χ0n) is 11.8. The Kier molecular flexibility index (Phi) is 4.63. The molecule has 0 unspecified atom stereocenters. The predicted octanol–water partition coefficient (Wildman–Crippen LogP) is 5.06. The first-order valence-electron chi connectivity index (χ1n) is 6.34. The van der Waals surface area contributed by atoms with Gasteiger partial charge in [-0.3, -0.25) is 0 Å². The summed E-state index contributed by atoms with van der Waals surface area (Å²) in [5, 5.41) is 0.293. The third kappa shape index (κ3) is 3.98. The summed E-state index contributed by atoms with van der Waals surface area (Å²) in [6, 6.07) is 3.36. The molecule has 0 radical (unpaired) electrons. The van der Waals surface area contributed by atoms with Gasteiger partial charge in [0.1, 0.15) is 22.6 Å². The van der Waals surface area contributed by atoms with Gasteiger partial charge in [-0.25, -0.2) is 18.7 Å². The Morgan fingerprint density at radius 3 is 2.19 bits per heavy atom. The van der Waals surface area contributed by atoms with E-state index in [9.17, 15) is 8.78 Å². The van der Waals surface area contributed by atoms with Crippen LogP contribution >= 0.6 is 27.5 Å². The number of hydrogen-bond acceptors (Lipinski definition) is 2. The van der Waals surface area contributed by atoms with Crippen LogP contribution in [0.25, 0.3) is 0 Å². The van der Waals surface area contributed by atoms with Gasteiger partial charge in [-0.2, -0.15) is 0 Å². The molecule has 0 saturated carbocycles. The number of nitrogens with zero attached hydrogens (tertiary/aromatic N) is 2. The number of halogens is 4. The fourth-order valence-electron chi connectivity index (χ4n) is 1.93. The Hall–Kier alpha value is -1.07. The summed E-state index contributed by atoms with van der Waals surface area (Å²) in [5.41, 5.74) is 0.994. The van der Waals surface area contributed by atoms with E-state index in [0.717, 1.165) is 11.8 Å². The molecule has 0 spiro atoms. The van der Waals surface area contributed by atoms with E-state index >= 15 is 0 Å². The first-order valence-corrected chi connectivity index (χ1v) is 7.51. The highest BCUT2D eigenvalue weighted by molar-refractivity contribution is 9.10. The molecule has 0 amide bonds. The molecule has 0 aliphatic heterocycles. The van der Waals surface area contributed by atoms with Crippen molar-refractivity contribution in [3.8, 4) is 0 Å². The monoisotopic (exact) mass is 374 g/mol. The lowest BCUT2D eigenvalue weighted by molar-refractivity contribution is 0.558. The third-order valence-electron chi connectivity index (χ3n) is 2.85. The largest absolute Gasteiger partial charge is 0.236 e. The molecule has 0 N–H and O–H groups in total. The zero-order valence-corrected chi connectivity index (χ0v) is 14.2. The van der Waals surface area contributed by atoms with E-state index < -0.39 is 11.6 Å². The van der Waals surface area contributed by atoms with E-state index in [1.807, 2.05) is 20.8 Å². The lowest BCUT2D eigenvalue weighted by Crippen LogP contribution is -2.17. The Bertz CT molecular complexity index is 664. The highest BCUT2D eigenvalue weighted by Crippen LogP contribution is 2.32. The Balaban J connectivity index is 2.43. The summed E-state index contributed by atoms with van der Waals surface area (Å²) in [6.45, 7) is 6.01. The SMILES string of the molecule is CC(C)(C)c1nc(Cc2cc(F)cc(F)c2)nc(Cl)c1Br. The van der Waals surface area contributed by atoms with Crippen LogP contribution in [0.1, 0.15) is 37.9 Å². The van der Waals surface area contributed by atoms with Crippen LogP contribution in [-0.4, -0.2) is 9.97 Å². The lowest BCUT2D eigenvalue weighted by Gasteiger charge is -2.20. The van der Waals surface area contributed by atoms with Gasteiger partial charge in [-0.1, -0.05) is 32.4 Å². The maximum atomic E-state index is 13.2. The molecule has 1 aromatic heterocycles. The van der Waals surface area contributed by atoms with Gasteiger partial charge in [-0.15, -0.1) is 0 Å². The quantitative estimate of drug-likeness (QED) is 0.686. The van der Waals surface area contributed by atoms with E-state index in [0.29, 0.717) is 21.0 Å². The maximum absolute atomic E-state index is 13.2. The third-order valence-corrected chi connectivity index (χ3v) is 4.11. The van der Waals surface area contributed by atoms with Gasteiger partial charge in [0.05, 0.1) is 10.2 Å². The normalized spacial score (nSPS) is 11.8. The van der Waals surface area contributed by atoms with E-state index in [-0.39, 0.29) is 11.8 Å². The van der Waals surface area contributed by atoms with Crippen LogP contribution in [0.2, 0.25) is 5.15 Å². The maximum Gasteiger partial charge on any atom is 0.147 e. The van der Waals surface area contributed by atoms with Crippen molar-refractivity contribution < 1.29 is 8.78 Å². The van der Waals surface area contributed by atoms with Crippen LogP contribution in [0.15, 0.2) is 22.7 Å². The minimum Gasteiger partial charge on any atom is -0.236 e. The lowest BCUT2D eigenvalue weighted by atomic mass is 9.92. The Labute approximate surface area is 135 Å². The zero-order chi connectivity index (χ0) is 15.8. The van der Waals surface area contributed by atoms with Crippen LogP contribution in [0.3, 0.4) is 0 Å². The fraction of sp³-hybridized carbons (Fsp3) is 0.333. The molecule has 1 heterocycles. The molecule has 0 bridgehead atoms. The molecule has 0 atom stereocenters. The van der Waals surface area contributed by atoms with Gasteiger partial charge in [0.15, 0.2) is 0 Å². The molecule has 0 saturated heterocycles. The van der Waals surface area contributed by atoms with Crippen molar-refractivity contribution in [1.29, 1.82) is 0 Å². The average Bonchev–Trinajstić information content (AvgIpc) is 2.30. The molecule has 2 rings (SSSR count). The fourth-order valence-corrected chi connectivity index (χ4v) is 2.89. The van der Waals surface area contributed by atoms with Gasteiger partial charge >= 0.3 is 0 Å². The van der Waals surface area contributed by atoms with Gasteiger partial charge < -0.3 is 0 Å². The van der Waals surface area contributed by atoms with Gasteiger partial charge in [0, 0.05) is 17.9 Å². The number of benzene rings is 1. The number of hydrogen-bond donors (Lipinski definition) is 0. The molecule has 1 aromatic carbocycles. The summed E-state index contributed by atoms with van der Waals surface area (Å²) in [6.07, 6.45) is 0.213. The summed E-state index contributed by atoms with van der Waals surface area (Å²) in [5.74, 6) is -0.813. The van der Waals surface area contributed by atoms with Crippen molar-refractivity contribution in [1.82, 2.24) is 9.97 Å².